The van der Waals surface area contributed by atoms with Crippen molar-refractivity contribution in [3.8, 4) is 0 Å². The van der Waals surface area contributed by atoms with E-state index in [1.165, 1.54) is 4.90 Å². The van der Waals surface area contributed by atoms with Gasteiger partial charge in [-0.15, -0.1) is 0 Å². The van der Waals surface area contributed by atoms with E-state index in [4.69, 9.17) is 8.92 Å². The van der Waals surface area contributed by atoms with E-state index in [9.17, 15) is 13.2 Å². The molecule has 1 aliphatic heterocycles. The third-order valence-corrected chi connectivity index (χ3v) is 2.59. The first-order valence-electron chi connectivity index (χ1n) is 5.63. The lowest BCUT2D eigenvalue weighted by Crippen LogP contribution is -2.39. The first kappa shape index (κ1) is 14.8. The lowest BCUT2D eigenvalue weighted by molar-refractivity contribution is 0.0259. The van der Waals surface area contributed by atoms with Crippen molar-refractivity contribution in [3.05, 3.63) is 11.8 Å². The van der Waals surface area contributed by atoms with E-state index in [0.29, 0.717) is 25.3 Å². The zero-order valence-corrected chi connectivity index (χ0v) is 11.9. The largest absolute Gasteiger partial charge is 0.444 e. The van der Waals surface area contributed by atoms with Gasteiger partial charge in [-0.2, -0.15) is 8.42 Å². The fraction of sp³-hybridized carbons (Fsp3) is 0.727. The van der Waals surface area contributed by atoms with Crippen LogP contribution in [-0.4, -0.2) is 44.4 Å². The van der Waals surface area contributed by atoms with E-state index in [1.54, 1.807) is 26.8 Å². The molecule has 7 heteroatoms. The van der Waals surface area contributed by atoms with Crippen LogP contribution in [0.5, 0.6) is 0 Å². The van der Waals surface area contributed by atoms with Crippen LogP contribution in [0, 0.1) is 0 Å². The second-order valence-electron chi connectivity index (χ2n) is 5.13. The summed E-state index contributed by atoms with van der Waals surface area (Å²) in [7, 11) is -3.49. The Morgan fingerprint density at radius 2 is 2.00 bits per heavy atom. The fourth-order valence-electron chi connectivity index (χ4n) is 1.41. The smallest absolute Gasteiger partial charge is 0.410 e. The molecule has 0 fully saturated rings. The van der Waals surface area contributed by atoms with Gasteiger partial charge in [-0.25, -0.2) is 4.79 Å². The number of hydrogen-bond acceptors (Lipinski definition) is 5. The molecule has 0 saturated heterocycles. The Balaban J connectivity index is 2.55. The standard InChI is InChI=1S/C11H19NO5S/c1-11(2,3)16-10(13)12-7-5-9(6-8-12)17-18(4,14)15/h5H,6-8H2,1-4H3. The van der Waals surface area contributed by atoms with E-state index < -0.39 is 21.8 Å². The summed E-state index contributed by atoms with van der Waals surface area (Å²) in [5.74, 6) is 0.373. The zero-order chi connectivity index (χ0) is 14.0. The van der Waals surface area contributed by atoms with Gasteiger partial charge in [0.05, 0.1) is 6.26 Å². The summed E-state index contributed by atoms with van der Waals surface area (Å²) in [6.07, 6.45) is 2.53. The van der Waals surface area contributed by atoms with E-state index in [0.717, 1.165) is 6.26 Å². The topological polar surface area (TPSA) is 72.9 Å². The molecule has 0 spiro atoms. The average molecular weight is 277 g/mol. The van der Waals surface area contributed by atoms with Gasteiger partial charge in [0.25, 0.3) is 0 Å². The molecule has 18 heavy (non-hydrogen) atoms. The van der Waals surface area contributed by atoms with Crippen LogP contribution in [0.4, 0.5) is 4.79 Å². The van der Waals surface area contributed by atoms with Crippen molar-refractivity contribution >= 4 is 16.2 Å². The van der Waals surface area contributed by atoms with Gasteiger partial charge in [0.2, 0.25) is 0 Å². The highest BCUT2D eigenvalue weighted by atomic mass is 32.2. The minimum atomic E-state index is -3.49. The molecular formula is C11H19NO5S. The van der Waals surface area contributed by atoms with E-state index >= 15 is 0 Å². The maximum atomic E-state index is 11.7. The summed E-state index contributed by atoms with van der Waals surface area (Å²) < 4.78 is 31.8. The molecule has 0 bridgehead atoms. The minimum Gasteiger partial charge on any atom is -0.444 e. The molecule has 1 heterocycles. The molecule has 0 unspecified atom stereocenters. The lowest BCUT2D eigenvalue weighted by atomic mass is 10.2. The summed E-state index contributed by atoms with van der Waals surface area (Å²) in [5, 5.41) is 0. The van der Waals surface area contributed by atoms with Crippen LogP contribution in [0.2, 0.25) is 0 Å². The maximum Gasteiger partial charge on any atom is 0.410 e. The predicted molar refractivity (Wildman–Crippen MR) is 66.4 cm³/mol. The maximum absolute atomic E-state index is 11.7. The second-order valence-corrected chi connectivity index (χ2v) is 6.71. The van der Waals surface area contributed by atoms with Crippen LogP contribution >= 0.6 is 0 Å². The zero-order valence-electron chi connectivity index (χ0n) is 11.1. The molecule has 0 saturated carbocycles. The number of amides is 1. The molecule has 0 aromatic carbocycles. The van der Waals surface area contributed by atoms with Gasteiger partial charge in [0.15, 0.2) is 0 Å². The predicted octanol–water partition coefficient (Wildman–Crippen LogP) is 1.49. The van der Waals surface area contributed by atoms with Crippen molar-refractivity contribution in [2.75, 3.05) is 19.3 Å². The Morgan fingerprint density at radius 1 is 1.39 bits per heavy atom. The number of hydrogen-bond donors (Lipinski definition) is 0. The highest BCUT2D eigenvalue weighted by Gasteiger charge is 2.24. The highest BCUT2D eigenvalue weighted by Crippen LogP contribution is 2.17. The van der Waals surface area contributed by atoms with E-state index in [2.05, 4.69) is 0 Å². The van der Waals surface area contributed by atoms with Crippen LogP contribution in [0.3, 0.4) is 0 Å². The molecule has 1 aliphatic rings. The Morgan fingerprint density at radius 3 is 2.39 bits per heavy atom. The number of carbonyl (C=O) groups excluding carboxylic acids is 1. The molecule has 6 nitrogen and oxygen atoms in total. The van der Waals surface area contributed by atoms with Crippen molar-refractivity contribution in [3.63, 3.8) is 0 Å². The summed E-state index contributed by atoms with van der Waals surface area (Å²) >= 11 is 0. The molecular weight excluding hydrogens is 258 g/mol. The monoisotopic (exact) mass is 277 g/mol. The molecule has 0 radical (unpaired) electrons. The molecule has 104 valence electrons. The third kappa shape index (κ3) is 5.39. The number of rotatable bonds is 2. The van der Waals surface area contributed by atoms with Gasteiger partial charge in [0, 0.05) is 19.5 Å². The quantitative estimate of drug-likeness (QED) is 0.715. The molecule has 0 N–H and O–H groups in total. The minimum absolute atomic E-state index is 0.291. The van der Waals surface area contributed by atoms with Crippen LogP contribution in [-0.2, 0) is 19.0 Å². The molecule has 1 amide bonds. The van der Waals surface area contributed by atoms with Crippen molar-refractivity contribution < 1.29 is 22.1 Å². The highest BCUT2D eigenvalue weighted by molar-refractivity contribution is 7.86. The first-order chi connectivity index (χ1) is 8.07. The van der Waals surface area contributed by atoms with Crippen molar-refractivity contribution in [2.24, 2.45) is 0 Å². The normalized spacial score (nSPS) is 17.1. The van der Waals surface area contributed by atoms with Crippen LogP contribution < -0.4 is 0 Å². The first-order valence-corrected chi connectivity index (χ1v) is 7.45. The molecule has 1 rings (SSSR count). The number of ether oxygens (including phenoxy) is 1. The summed E-state index contributed by atoms with van der Waals surface area (Å²) in [5.41, 5.74) is -0.537. The Kier molecular flexibility index (Phi) is 4.26. The van der Waals surface area contributed by atoms with Crippen molar-refractivity contribution in [2.45, 2.75) is 32.8 Å². The van der Waals surface area contributed by atoms with E-state index in [1.807, 2.05) is 0 Å². The number of carbonyl (C=O) groups is 1. The summed E-state index contributed by atoms with van der Waals surface area (Å²) in [6, 6.07) is 0. The van der Waals surface area contributed by atoms with Crippen molar-refractivity contribution in [1.29, 1.82) is 0 Å². The molecule has 0 aromatic rings. The fourth-order valence-corrected chi connectivity index (χ4v) is 1.95. The Hall–Kier alpha value is -1.24. The lowest BCUT2D eigenvalue weighted by Gasteiger charge is -2.29. The Bertz CT molecular complexity index is 447. The van der Waals surface area contributed by atoms with Gasteiger partial charge in [-0.3, -0.25) is 0 Å². The van der Waals surface area contributed by atoms with Gasteiger partial charge in [-0.1, -0.05) is 0 Å². The molecule has 0 aliphatic carbocycles. The molecule has 0 atom stereocenters. The average Bonchev–Trinajstić information content (AvgIpc) is 2.13. The van der Waals surface area contributed by atoms with Crippen molar-refractivity contribution in [1.82, 2.24) is 4.90 Å². The van der Waals surface area contributed by atoms with Gasteiger partial charge < -0.3 is 13.8 Å². The van der Waals surface area contributed by atoms with Gasteiger partial charge >= 0.3 is 16.2 Å². The van der Waals surface area contributed by atoms with Crippen LogP contribution in [0.25, 0.3) is 0 Å². The Labute approximate surface area is 108 Å². The summed E-state index contributed by atoms with van der Waals surface area (Å²) in [4.78, 5) is 13.2. The van der Waals surface area contributed by atoms with Crippen LogP contribution in [0.1, 0.15) is 27.2 Å². The SMILES string of the molecule is CC(C)(C)OC(=O)N1CC=C(OS(C)(=O)=O)CC1. The van der Waals surface area contributed by atoms with Crippen LogP contribution in [0.15, 0.2) is 11.8 Å². The van der Waals surface area contributed by atoms with E-state index in [-0.39, 0.29) is 0 Å². The number of nitrogens with zero attached hydrogens (tertiary/aromatic N) is 1. The molecule has 0 aromatic heterocycles. The van der Waals surface area contributed by atoms with Gasteiger partial charge in [-0.05, 0) is 26.8 Å². The second kappa shape index (κ2) is 5.17. The summed E-state index contributed by atoms with van der Waals surface area (Å²) in [6.45, 7) is 6.06. The third-order valence-electron chi connectivity index (χ3n) is 2.08. The van der Waals surface area contributed by atoms with Gasteiger partial charge in [0.1, 0.15) is 11.4 Å².